The van der Waals surface area contributed by atoms with E-state index in [0.717, 1.165) is 44.5 Å². The van der Waals surface area contributed by atoms with E-state index in [2.05, 4.69) is 15.7 Å². The first-order valence-corrected chi connectivity index (χ1v) is 10.9. The molecule has 2 saturated heterocycles. The van der Waals surface area contributed by atoms with E-state index in [4.69, 9.17) is 4.74 Å². The minimum Gasteiger partial charge on any atom is -0.394 e. The summed E-state index contributed by atoms with van der Waals surface area (Å²) in [5.41, 5.74) is 2.31. The highest BCUT2D eigenvalue weighted by molar-refractivity contribution is 6.07. The molecule has 2 aliphatic heterocycles. The summed E-state index contributed by atoms with van der Waals surface area (Å²) in [7, 11) is 0. The van der Waals surface area contributed by atoms with Crippen molar-refractivity contribution >= 4 is 23.3 Å². The number of aromatic nitrogens is 2. The SMILES string of the molecule is O=C(Nc1ccccc1NC(=O)N1CCCC1)c1cn(CCO)nc1C1CCOCC1. The minimum absolute atomic E-state index is 0.0542. The molecule has 0 spiro atoms. The van der Waals surface area contributed by atoms with E-state index in [0.29, 0.717) is 36.7 Å². The van der Waals surface area contributed by atoms with Gasteiger partial charge >= 0.3 is 6.03 Å². The van der Waals surface area contributed by atoms with Crippen molar-refractivity contribution in [3.8, 4) is 0 Å². The number of rotatable bonds is 6. The fourth-order valence-corrected chi connectivity index (χ4v) is 4.11. The Bertz CT molecular complexity index is 916. The lowest BCUT2D eigenvalue weighted by Gasteiger charge is -2.21. The van der Waals surface area contributed by atoms with Crippen molar-refractivity contribution in [1.29, 1.82) is 0 Å². The predicted molar refractivity (Wildman–Crippen MR) is 116 cm³/mol. The smallest absolute Gasteiger partial charge is 0.321 e. The highest BCUT2D eigenvalue weighted by Crippen LogP contribution is 2.30. The summed E-state index contributed by atoms with van der Waals surface area (Å²) in [4.78, 5) is 27.5. The molecule has 166 valence electrons. The molecule has 0 aliphatic carbocycles. The van der Waals surface area contributed by atoms with Gasteiger partial charge in [0.2, 0.25) is 0 Å². The van der Waals surface area contributed by atoms with Crippen molar-refractivity contribution in [2.45, 2.75) is 38.1 Å². The Balaban J connectivity index is 1.53. The lowest BCUT2D eigenvalue weighted by Crippen LogP contribution is -2.32. The first-order chi connectivity index (χ1) is 15.2. The molecule has 0 atom stereocenters. The molecule has 4 rings (SSSR count). The average Bonchev–Trinajstić information content (AvgIpc) is 3.46. The monoisotopic (exact) mass is 427 g/mol. The quantitative estimate of drug-likeness (QED) is 0.657. The van der Waals surface area contributed by atoms with Gasteiger partial charge in [0.15, 0.2) is 0 Å². The van der Waals surface area contributed by atoms with E-state index in [1.54, 1.807) is 27.9 Å². The Morgan fingerprint density at radius 1 is 1.10 bits per heavy atom. The molecule has 2 aliphatic rings. The number of nitrogens with zero attached hydrogens (tertiary/aromatic N) is 3. The zero-order valence-corrected chi connectivity index (χ0v) is 17.5. The standard InChI is InChI=1S/C22H29N5O4/c28-12-11-27-15-17(20(25-27)16-7-13-31-14-8-16)21(29)23-18-5-1-2-6-19(18)24-22(30)26-9-3-4-10-26/h1-2,5-6,15-16,28H,3-4,7-14H2,(H,23,29)(H,24,30). The molecular weight excluding hydrogens is 398 g/mol. The van der Waals surface area contributed by atoms with Gasteiger partial charge in [0, 0.05) is 38.4 Å². The lowest BCUT2D eigenvalue weighted by atomic mass is 9.94. The molecule has 3 heterocycles. The molecule has 1 aromatic carbocycles. The van der Waals surface area contributed by atoms with Crippen LogP contribution in [0.3, 0.4) is 0 Å². The number of nitrogens with one attached hydrogen (secondary N) is 2. The summed E-state index contributed by atoms with van der Waals surface area (Å²) in [6.45, 7) is 3.05. The van der Waals surface area contributed by atoms with Crippen LogP contribution in [0, 0.1) is 0 Å². The number of amides is 3. The first kappa shape index (κ1) is 21.3. The zero-order chi connectivity index (χ0) is 21.6. The van der Waals surface area contributed by atoms with E-state index >= 15 is 0 Å². The van der Waals surface area contributed by atoms with Crippen LogP contribution in [-0.2, 0) is 11.3 Å². The van der Waals surface area contributed by atoms with Crippen molar-refractivity contribution in [2.75, 3.05) is 43.5 Å². The van der Waals surface area contributed by atoms with Gasteiger partial charge in [-0.25, -0.2) is 4.79 Å². The van der Waals surface area contributed by atoms with E-state index in [-0.39, 0.29) is 24.5 Å². The summed E-state index contributed by atoms with van der Waals surface area (Å²) < 4.78 is 7.06. The van der Waals surface area contributed by atoms with Crippen LogP contribution in [0.15, 0.2) is 30.5 Å². The Kier molecular flexibility index (Phi) is 6.83. The number of hydrogen-bond acceptors (Lipinski definition) is 5. The highest BCUT2D eigenvalue weighted by Gasteiger charge is 2.26. The Morgan fingerprint density at radius 3 is 2.45 bits per heavy atom. The molecule has 2 aromatic rings. The molecule has 3 amide bonds. The molecule has 3 N–H and O–H groups in total. The number of urea groups is 1. The van der Waals surface area contributed by atoms with E-state index in [1.165, 1.54) is 0 Å². The van der Waals surface area contributed by atoms with Crippen molar-refractivity contribution in [2.24, 2.45) is 0 Å². The van der Waals surface area contributed by atoms with Crippen LogP contribution in [-0.4, -0.2) is 64.6 Å². The largest absolute Gasteiger partial charge is 0.394 e. The summed E-state index contributed by atoms with van der Waals surface area (Å²) in [6, 6.07) is 7.03. The number of anilines is 2. The third-order valence-corrected chi connectivity index (χ3v) is 5.78. The van der Waals surface area contributed by atoms with Gasteiger partial charge in [0.05, 0.1) is 35.8 Å². The maximum absolute atomic E-state index is 13.2. The van der Waals surface area contributed by atoms with Gasteiger partial charge in [-0.05, 0) is 37.8 Å². The average molecular weight is 428 g/mol. The van der Waals surface area contributed by atoms with Gasteiger partial charge in [-0.2, -0.15) is 5.10 Å². The molecule has 0 radical (unpaired) electrons. The minimum atomic E-state index is -0.284. The number of benzene rings is 1. The maximum atomic E-state index is 13.2. The molecule has 0 bridgehead atoms. The van der Waals surface area contributed by atoms with Crippen molar-refractivity contribution in [3.05, 3.63) is 41.7 Å². The van der Waals surface area contributed by atoms with Crippen LogP contribution < -0.4 is 10.6 Å². The summed E-state index contributed by atoms with van der Waals surface area (Å²) in [6.07, 6.45) is 5.32. The van der Waals surface area contributed by atoms with E-state index in [1.807, 2.05) is 12.1 Å². The summed E-state index contributed by atoms with van der Waals surface area (Å²) in [5, 5.41) is 19.7. The number of carbonyl (C=O) groups is 2. The van der Waals surface area contributed by atoms with Gasteiger partial charge in [0.25, 0.3) is 5.91 Å². The number of aliphatic hydroxyl groups is 1. The first-order valence-electron chi connectivity index (χ1n) is 10.9. The van der Waals surface area contributed by atoms with Gasteiger partial charge in [-0.1, -0.05) is 12.1 Å². The van der Waals surface area contributed by atoms with Gasteiger partial charge in [0.1, 0.15) is 0 Å². The highest BCUT2D eigenvalue weighted by atomic mass is 16.5. The summed E-state index contributed by atoms with van der Waals surface area (Å²) >= 11 is 0. The van der Waals surface area contributed by atoms with E-state index in [9.17, 15) is 14.7 Å². The molecule has 0 saturated carbocycles. The molecule has 9 heteroatoms. The second-order valence-corrected chi connectivity index (χ2v) is 7.93. The third-order valence-electron chi connectivity index (χ3n) is 5.78. The third kappa shape index (κ3) is 5.05. The number of hydrogen-bond donors (Lipinski definition) is 3. The second-order valence-electron chi connectivity index (χ2n) is 7.93. The topological polar surface area (TPSA) is 109 Å². The Morgan fingerprint density at radius 2 is 1.77 bits per heavy atom. The Hall–Kier alpha value is -2.91. The van der Waals surface area contributed by atoms with Crippen LogP contribution in [0.25, 0.3) is 0 Å². The second kappa shape index (κ2) is 9.93. The summed E-state index contributed by atoms with van der Waals surface area (Å²) in [5.74, 6) is -0.145. The van der Waals surface area contributed by atoms with Crippen molar-refractivity contribution < 1.29 is 19.4 Å². The van der Waals surface area contributed by atoms with Gasteiger partial charge in [-0.3, -0.25) is 9.48 Å². The molecule has 0 unspecified atom stereocenters. The van der Waals surface area contributed by atoms with Gasteiger partial charge in [-0.15, -0.1) is 0 Å². The normalized spacial score (nSPS) is 17.0. The number of aliphatic hydroxyl groups excluding tert-OH is 1. The molecule has 1 aromatic heterocycles. The zero-order valence-electron chi connectivity index (χ0n) is 17.5. The van der Waals surface area contributed by atoms with Crippen molar-refractivity contribution in [1.82, 2.24) is 14.7 Å². The number of ether oxygens (including phenoxy) is 1. The fourth-order valence-electron chi connectivity index (χ4n) is 4.11. The Labute approximate surface area is 181 Å². The van der Waals surface area contributed by atoms with Crippen LogP contribution in [0.1, 0.15) is 47.7 Å². The fraction of sp³-hybridized carbons (Fsp3) is 0.500. The number of para-hydroxylation sites is 2. The number of carbonyl (C=O) groups excluding carboxylic acids is 2. The van der Waals surface area contributed by atoms with Crippen LogP contribution >= 0.6 is 0 Å². The predicted octanol–water partition coefficient (Wildman–Crippen LogP) is 2.65. The van der Waals surface area contributed by atoms with Crippen molar-refractivity contribution in [3.63, 3.8) is 0 Å². The maximum Gasteiger partial charge on any atom is 0.321 e. The van der Waals surface area contributed by atoms with Crippen LogP contribution in [0.4, 0.5) is 16.2 Å². The molecular formula is C22H29N5O4. The number of likely N-dealkylation sites (tertiary alicyclic amines) is 1. The molecule has 31 heavy (non-hydrogen) atoms. The van der Waals surface area contributed by atoms with Gasteiger partial charge < -0.3 is 25.4 Å². The van der Waals surface area contributed by atoms with Crippen LogP contribution in [0.2, 0.25) is 0 Å². The molecule has 9 nitrogen and oxygen atoms in total. The van der Waals surface area contributed by atoms with E-state index < -0.39 is 0 Å². The van der Waals surface area contributed by atoms with Crippen LogP contribution in [0.5, 0.6) is 0 Å². The molecule has 2 fully saturated rings. The lowest BCUT2D eigenvalue weighted by molar-refractivity contribution is 0.0836.